The van der Waals surface area contributed by atoms with Crippen LogP contribution in [0.5, 0.6) is 0 Å². The molecule has 1 aromatic carbocycles. The summed E-state index contributed by atoms with van der Waals surface area (Å²) in [7, 11) is 0. The van der Waals surface area contributed by atoms with Crippen molar-refractivity contribution in [3.05, 3.63) is 54.7 Å². The van der Waals surface area contributed by atoms with Crippen molar-refractivity contribution in [1.82, 2.24) is 15.0 Å². The summed E-state index contributed by atoms with van der Waals surface area (Å²) in [5.41, 5.74) is 2.45. The van der Waals surface area contributed by atoms with Gasteiger partial charge in [0.15, 0.2) is 0 Å². The second kappa shape index (κ2) is 9.52. The lowest BCUT2D eigenvalue weighted by Gasteiger charge is -2.21. The highest BCUT2D eigenvalue weighted by Crippen LogP contribution is 2.29. The van der Waals surface area contributed by atoms with Crippen molar-refractivity contribution in [2.45, 2.75) is 24.8 Å². The molecule has 0 aliphatic heterocycles. The Bertz CT molecular complexity index is 904. The summed E-state index contributed by atoms with van der Waals surface area (Å²) < 4.78 is 0. The zero-order chi connectivity index (χ0) is 19.9. The Morgan fingerprint density at radius 3 is 2.50 bits per heavy atom. The highest BCUT2D eigenvalue weighted by Gasteiger charge is 2.15. The van der Waals surface area contributed by atoms with Crippen LogP contribution in [0.1, 0.15) is 13.8 Å². The van der Waals surface area contributed by atoms with E-state index in [9.17, 15) is 5.11 Å². The maximum absolute atomic E-state index is 9.67. The number of aromatic nitrogens is 3. The van der Waals surface area contributed by atoms with E-state index in [0.29, 0.717) is 17.5 Å². The van der Waals surface area contributed by atoms with Gasteiger partial charge >= 0.3 is 0 Å². The summed E-state index contributed by atoms with van der Waals surface area (Å²) in [5.74, 6) is 1.36. The van der Waals surface area contributed by atoms with Crippen LogP contribution in [0.25, 0.3) is 11.4 Å². The zero-order valence-electron chi connectivity index (χ0n) is 16.3. The quantitative estimate of drug-likeness (QED) is 0.487. The minimum absolute atomic E-state index is 0.00686. The van der Waals surface area contributed by atoms with E-state index in [1.165, 1.54) is 0 Å². The maximum Gasteiger partial charge on any atom is 0.225 e. The van der Waals surface area contributed by atoms with Crippen molar-refractivity contribution in [1.29, 1.82) is 0 Å². The van der Waals surface area contributed by atoms with Gasteiger partial charge in [-0.25, -0.2) is 4.98 Å². The fourth-order valence-corrected chi connectivity index (χ4v) is 3.25. The number of hydrogen-bond donors (Lipinski definition) is 3. The first kappa shape index (κ1) is 20.1. The van der Waals surface area contributed by atoms with E-state index in [-0.39, 0.29) is 18.6 Å². The van der Waals surface area contributed by atoms with Crippen LogP contribution in [0.3, 0.4) is 0 Å². The molecule has 0 aliphatic rings. The first-order valence-electron chi connectivity index (χ1n) is 9.18. The molecule has 0 spiro atoms. The third-order valence-electron chi connectivity index (χ3n) is 4.34. The number of nitrogens with zero attached hydrogens (tertiary/aromatic N) is 3. The maximum atomic E-state index is 9.67. The average molecular weight is 396 g/mol. The second-order valence-corrected chi connectivity index (χ2v) is 7.53. The van der Waals surface area contributed by atoms with Crippen LogP contribution in [-0.4, -0.2) is 39.0 Å². The van der Waals surface area contributed by atoms with Gasteiger partial charge in [-0.1, -0.05) is 32.0 Å². The van der Waals surface area contributed by atoms with Crippen LogP contribution < -0.4 is 10.6 Å². The number of para-hydroxylation sites is 1. The van der Waals surface area contributed by atoms with E-state index in [4.69, 9.17) is 0 Å². The molecule has 0 unspecified atom stereocenters. The molecule has 2 aromatic heterocycles. The number of hydrogen-bond acceptors (Lipinski definition) is 7. The molecule has 0 aliphatic carbocycles. The standard InChI is InChI=1S/C21H25N5OS/c1-14(2)18(13-27)25-21-24-17(15-8-6-7-11-22-15)12-20(26-21)23-16-9-4-5-10-19(16)28-3/h4-12,14,18,27H,13H2,1-3H3,(H2,23,24,25,26)/t18-/m0/s1. The predicted molar refractivity (Wildman–Crippen MR) is 116 cm³/mol. The number of rotatable bonds is 8. The molecule has 7 heteroatoms. The summed E-state index contributed by atoms with van der Waals surface area (Å²) in [6.07, 6.45) is 3.78. The first-order chi connectivity index (χ1) is 13.6. The lowest BCUT2D eigenvalue weighted by molar-refractivity contribution is 0.248. The second-order valence-electron chi connectivity index (χ2n) is 6.68. The van der Waals surface area contributed by atoms with Crippen LogP contribution in [0.15, 0.2) is 59.6 Å². The molecule has 146 valence electrons. The number of aliphatic hydroxyl groups is 1. The molecule has 2 heterocycles. The number of benzene rings is 1. The Morgan fingerprint density at radius 1 is 1.04 bits per heavy atom. The lowest BCUT2D eigenvalue weighted by atomic mass is 10.1. The largest absolute Gasteiger partial charge is 0.394 e. The molecule has 0 amide bonds. The third-order valence-corrected chi connectivity index (χ3v) is 5.13. The van der Waals surface area contributed by atoms with Crippen molar-refractivity contribution in [2.75, 3.05) is 23.5 Å². The van der Waals surface area contributed by atoms with E-state index in [2.05, 4.69) is 31.7 Å². The minimum atomic E-state index is -0.134. The Morgan fingerprint density at radius 2 is 1.82 bits per heavy atom. The van der Waals surface area contributed by atoms with Gasteiger partial charge < -0.3 is 15.7 Å². The fraction of sp³-hybridized carbons (Fsp3) is 0.286. The van der Waals surface area contributed by atoms with E-state index >= 15 is 0 Å². The van der Waals surface area contributed by atoms with Gasteiger partial charge in [0.25, 0.3) is 0 Å². The normalized spacial score (nSPS) is 12.0. The van der Waals surface area contributed by atoms with Crippen LogP contribution in [0.2, 0.25) is 0 Å². The summed E-state index contributed by atoms with van der Waals surface area (Å²) in [5, 5.41) is 16.3. The molecule has 0 bridgehead atoms. The van der Waals surface area contributed by atoms with Gasteiger partial charge in [-0.2, -0.15) is 4.98 Å². The van der Waals surface area contributed by atoms with Gasteiger partial charge in [-0.15, -0.1) is 11.8 Å². The molecule has 3 aromatic rings. The van der Waals surface area contributed by atoms with E-state index in [1.54, 1.807) is 18.0 Å². The van der Waals surface area contributed by atoms with Gasteiger partial charge in [-0.05, 0) is 36.4 Å². The molecular formula is C21H25N5OS. The average Bonchev–Trinajstić information content (AvgIpc) is 2.72. The Balaban J connectivity index is 1.99. The molecule has 3 N–H and O–H groups in total. The minimum Gasteiger partial charge on any atom is -0.394 e. The highest BCUT2D eigenvalue weighted by atomic mass is 32.2. The smallest absolute Gasteiger partial charge is 0.225 e. The van der Waals surface area contributed by atoms with Gasteiger partial charge in [0.05, 0.1) is 29.7 Å². The first-order valence-corrected chi connectivity index (χ1v) is 10.4. The van der Waals surface area contributed by atoms with Crippen molar-refractivity contribution >= 4 is 29.2 Å². The molecule has 0 radical (unpaired) electrons. The summed E-state index contributed by atoms with van der Waals surface area (Å²) in [6.45, 7) is 4.10. The fourth-order valence-electron chi connectivity index (χ4n) is 2.70. The van der Waals surface area contributed by atoms with Crippen LogP contribution in [0.4, 0.5) is 17.5 Å². The van der Waals surface area contributed by atoms with Gasteiger partial charge in [0, 0.05) is 17.2 Å². The van der Waals surface area contributed by atoms with Crippen molar-refractivity contribution in [2.24, 2.45) is 5.92 Å². The van der Waals surface area contributed by atoms with E-state index in [1.807, 2.05) is 62.6 Å². The number of nitrogens with one attached hydrogen (secondary N) is 2. The molecular weight excluding hydrogens is 370 g/mol. The summed E-state index contributed by atoms with van der Waals surface area (Å²) in [4.78, 5) is 14.8. The predicted octanol–water partition coefficient (Wildman–Crippen LogP) is 4.43. The monoisotopic (exact) mass is 395 g/mol. The molecule has 0 saturated heterocycles. The Kier molecular flexibility index (Phi) is 6.84. The van der Waals surface area contributed by atoms with Crippen molar-refractivity contribution in [3.63, 3.8) is 0 Å². The van der Waals surface area contributed by atoms with E-state index in [0.717, 1.165) is 16.3 Å². The van der Waals surface area contributed by atoms with Crippen molar-refractivity contribution < 1.29 is 5.11 Å². The van der Waals surface area contributed by atoms with Gasteiger partial charge in [0.1, 0.15) is 5.82 Å². The summed E-state index contributed by atoms with van der Waals surface area (Å²) >= 11 is 1.67. The highest BCUT2D eigenvalue weighted by molar-refractivity contribution is 7.98. The SMILES string of the molecule is CSc1ccccc1Nc1cc(-c2ccccn2)nc(N[C@@H](CO)C(C)C)n1. The number of pyridine rings is 1. The molecule has 28 heavy (non-hydrogen) atoms. The van der Waals surface area contributed by atoms with Crippen LogP contribution >= 0.6 is 11.8 Å². The lowest BCUT2D eigenvalue weighted by Crippen LogP contribution is -2.30. The number of aliphatic hydroxyl groups excluding tert-OH is 1. The molecule has 3 rings (SSSR count). The molecule has 1 atom stereocenters. The Labute approximate surface area is 169 Å². The van der Waals surface area contributed by atoms with Crippen LogP contribution in [0, 0.1) is 5.92 Å². The summed E-state index contributed by atoms with van der Waals surface area (Å²) in [6, 6.07) is 15.5. The van der Waals surface area contributed by atoms with E-state index < -0.39 is 0 Å². The molecule has 6 nitrogen and oxygen atoms in total. The number of anilines is 3. The topological polar surface area (TPSA) is 83.0 Å². The number of thioether (sulfide) groups is 1. The third kappa shape index (κ3) is 4.99. The zero-order valence-corrected chi connectivity index (χ0v) is 17.1. The van der Waals surface area contributed by atoms with Gasteiger partial charge in [-0.3, -0.25) is 4.98 Å². The van der Waals surface area contributed by atoms with Crippen LogP contribution in [-0.2, 0) is 0 Å². The molecule has 0 saturated carbocycles. The molecule has 0 fully saturated rings. The van der Waals surface area contributed by atoms with Gasteiger partial charge in [0.2, 0.25) is 5.95 Å². The Hall–Kier alpha value is -2.64. The van der Waals surface area contributed by atoms with Crippen molar-refractivity contribution in [3.8, 4) is 11.4 Å².